The molecule has 0 saturated carbocycles. The van der Waals surface area contributed by atoms with Crippen molar-refractivity contribution in [3.63, 3.8) is 0 Å². The summed E-state index contributed by atoms with van der Waals surface area (Å²) in [4.78, 5) is 14.4. The molecule has 0 aromatic heterocycles. The highest BCUT2D eigenvalue weighted by atomic mass is 35.5. The summed E-state index contributed by atoms with van der Waals surface area (Å²) in [5, 5.41) is 0. The Bertz CT molecular complexity index is 470. The van der Waals surface area contributed by atoms with Gasteiger partial charge in [-0.2, -0.15) is 0 Å². The first-order chi connectivity index (χ1) is 9.69. The number of likely N-dealkylation sites (tertiary alicyclic amines) is 1. The quantitative estimate of drug-likeness (QED) is 0.802. The fourth-order valence-corrected chi connectivity index (χ4v) is 2.74. The Morgan fingerprint density at radius 2 is 2.00 bits per heavy atom. The van der Waals surface area contributed by atoms with Gasteiger partial charge in [0.1, 0.15) is 11.5 Å². The largest absolute Gasteiger partial charge is 0.497 e. The van der Waals surface area contributed by atoms with Gasteiger partial charge in [0.15, 0.2) is 0 Å². The highest BCUT2D eigenvalue weighted by Crippen LogP contribution is 2.27. The molecule has 20 heavy (non-hydrogen) atoms. The second kappa shape index (κ2) is 6.84. The lowest BCUT2D eigenvalue weighted by Gasteiger charge is -2.31. The molecule has 2 rings (SSSR count). The molecule has 0 bridgehead atoms. The summed E-state index contributed by atoms with van der Waals surface area (Å²) in [5.74, 6) is 2.44. The van der Waals surface area contributed by atoms with Crippen molar-refractivity contribution in [3.05, 3.63) is 23.8 Å². The third-order valence-corrected chi connectivity index (χ3v) is 4.20. The molecule has 0 unspecified atom stereocenters. The number of benzene rings is 1. The molecule has 0 radical (unpaired) electrons. The number of nitrogens with zero attached hydrogens (tertiary/aromatic N) is 1. The maximum atomic E-state index is 12.5. The first-order valence-electron chi connectivity index (χ1n) is 6.76. The van der Waals surface area contributed by atoms with Gasteiger partial charge in [0, 0.05) is 25.0 Å². The molecule has 1 aliphatic heterocycles. The zero-order chi connectivity index (χ0) is 14.5. The second-order valence-corrected chi connectivity index (χ2v) is 5.26. The van der Waals surface area contributed by atoms with Crippen LogP contribution in [0.2, 0.25) is 0 Å². The van der Waals surface area contributed by atoms with E-state index >= 15 is 0 Å². The van der Waals surface area contributed by atoms with Crippen LogP contribution in [0.1, 0.15) is 23.2 Å². The lowest BCUT2D eigenvalue weighted by atomic mass is 9.98. The number of piperidine rings is 1. The van der Waals surface area contributed by atoms with Gasteiger partial charge in [0.25, 0.3) is 5.91 Å². The fourth-order valence-electron chi connectivity index (χ4n) is 2.44. The van der Waals surface area contributed by atoms with Crippen LogP contribution in [0.3, 0.4) is 0 Å². The van der Waals surface area contributed by atoms with E-state index in [4.69, 9.17) is 21.1 Å². The predicted octanol–water partition coefficient (Wildman–Crippen LogP) is 2.79. The van der Waals surface area contributed by atoms with Crippen LogP contribution in [0.25, 0.3) is 0 Å². The highest BCUT2D eigenvalue weighted by Gasteiger charge is 2.25. The van der Waals surface area contributed by atoms with E-state index in [1.54, 1.807) is 32.4 Å². The number of hydrogen-bond donors (Lipinski definition) is 0. The van der Waals surface area contributed by atoms with E-state index in [-0.39, 0.29) is 5.91 Å². The van der Waals surface area contributed by atoms with Crippen molar-refractivity contribution in [3.8, 4) is 11.5 Å². The van der Waals surface area contributed by atoms with Crippen LogP contribution in [0.4, 0.5) is 0 Å². The van der Waals surface area contributed by atoms with Crippen molar-refractivity contribution in [1.29, 1.82) is 0 Å². The van der Waals surface area contributed by atoms with Crippen LogP contribution >= 0.6 is 11.6 Å². The molecule has 1 amide bonds. The van der Waals surface area contributed by atoms with Crippen molar-refractivity contribution in [2.75, 3.05) is 33.2 Å². The summed E-state index contributed by atoms with van der Waals surface area (Å²) < 4.78 is 10.4. The minimum Gasteiger partial charge on any atom is -0.497 e. The third kappa shape index (κ3) is 3.18. The molecular weight excluding hydrogens is 278 g/mol. The SMILES string of the molecule is COc1ccc(C(=O)N2CCC(CCl)CC2)c(OC)c1. The number of alkyl halides is 1. The van der Waals surface area contributed by atoms with Crippen molar-refractivity contribution in [2.24, 2.45) is 5.92 Å². The lowest BCUT2D eigenvalue weighted by Crippen LogP contribution is -2.39. The predicted molar refractivity (Wildman–Crippen MR) is 78.9 cm³/mol. The van der Waals surface area contributed by atoms with Crippen LogP contribution in [0.15, 0.2) is 18.2 Å². The highest BCUT2D eigenvalue weighted by molar-refractivity contribution is 6.18. The summed E-state index contributed by atoms with van der Waals surface area (Å²) in [7, 11) is 3.15. The standard InChI is InChI=1S/C15H20ClNO3/c1-19-12-3-4-13(14(9-12)20-2)15(18)17-7-5-11(10-16)6-8-17/h3-4,9,11H,5-8,10H2,1-2H3. The number of carbonyl (C=O) groups excluding carboxylic acids is 1. The van der Waals surface area contributed by atoms with E-state index in [0.29, 0.717) is 28.9 Å². The number of hydrogen-bond acceptors (Lipinski definition) is 3. The minimum atomic E-state index is 0.0116. The Morgan fingerprint density at radius 3 is 2.55 bits per heavy atom. The van der Waals surface area contributed by atoms with Gasteiger partial charge in [-0.15, -0.1) is 11.6 Å². The van der Waals surface area contributed by atoms with Gasteiger partial charge >= 0.3 is 0 Å². The van der Waals surface area contributed by atoms with Crippen molar-refractivity contribution in [1.82, 2.24) is 4.90 Å². The molecule has 1 heterocycles. The number of ether oxygens (including phenoxy) is 2. The van der Waals surface area contributed by atoms with E-state index in [0.717, 1.165) is 25.9 Å². The molecule has 0 atom stereocenters. The van der Waals surface area contributed by atoms with Gasteiger partial charge in [0.2, 0.25) is 0 Å². The van der Waals surface area contributed by atoms with Crippen molar-refractivity contribution in [2.45, 2.75) is 12.8 Å². The Kier molecular flexibility index (Phi) is 5.12. The second-order valence-electron chi connectivity index (χ2n) is 4.96. The van der Waals surface area contributed by atoms with Gasteiger partial charge in [-0.3, -0.25) is 4.79 Å². The van der Waals surface area contributed by atoms with Crippen LogP contribution in [-0.2, 0) is 0 Å². The van der Waals surface area contributed by atoms with Crippen LogP contribution in [-0.4, -0.2) is 44.0 Å². The zero-order valence-electron chi connectivity index (χ0n) is 11.9. The average molecular weight is 298 g/mol. The molecule has 0 aliphatic carbocycles. The Hall–Kier alpha value is -1.42. The molecule has 1 aromatic carbocycles. The van der Waals surface area contributed by atoms with Gasteiger partial charge in [0.05, 0.1) is 19.8 Å². The summed E-state index contributed by atoms with van der Waals surface area (Å²) >= 11 is 5.87. The summed E-state index contributed by atoms with van der Waals surface area (Å²) in [6.07, 6.45) is 1.93. The molecule has 1 aliphatic rings. The molecule has 1 aromatic rings. The summed E-state index contributed by atoms with van der Waals surface area (Å²) in [5.41, 5.74) is 0.581. The molecule has 4 nitrogen and oxygen atoms in total. The first-order valence-corrected chi connectivity index (χ1v) is 7.30. The number of halogens is 1. The van der Waals surface area contributed by atoms with E-state index in [2.05, 4.69) is 0 Å². The van der Waals surface area contributed by atoms with E-state index < -0.39 is 0 Å². The molecule has 0 N–H and O–H groups in total. The Labute approximate surface area is 124 Å². The third-order valence-electron chi connectivity index (χ3n) is 3.76. The van der Waals surface area contributed by atoms with E-state index in [1.807, 2.05) is 4.90 Å². The van der Waals surface area contributed by atoms with Crippen molar-refractivity contribution >= 4 is 17.5 Å². The zero-order valence-corrected chi connectivity index (χ0v) is 12.7. The molecule has 1 fully saturated rings. The number of amides is 1. The smallest absolute Gasteiger partial charge is 0.257 e. The lowest BCUT2D eigenvalue weighted by molar-refractivity contribution is 0.0695. The Morgan fingerprint density at radius 1 is 1.30 bits per heavy atom. The monoisotopic (exact) mass is 297 g/mol. The van der Waals surface area contributed by atoms with Crippen LogP contribution < -0.4 is 9.47 Å². The van der Waals surface area contributed by atoms with E-state index in [9.17, 15) is 4.79 Å². The molecule has 5 heteroatoms. The summed E-state index contributed by atoms with van der Waals surface area (Å²) in [6, 6.07) is 5.27. The average Bonchev–Trinajstić information content (AvgIpc) is 2.53. The fraction of sp³-hybridized carbons (Fsp3) is 0.533. The molecule has 1 saturated heterocycles. The van der Waals surface area contributed by atoms with E-state index in [1.165, 1.54) is 0 Å². The van der Waals surface area contributed by atoms with Gasteiger partial charge in [-0.1, -0.05) is 0 Å². The van der Waals surface area contributed by atoms with Crippen LogP contribution in [0.5, 0.6) is 11.5 Å². The molecule has 110 valence electrons. The normalized spacial score (nSPS) is 16.1. The van der Waals surface area contributed by atoms with Crippen molar-refractivity contribution < 1.29 is 14.3 Å². The summed E-state index contributed by atoms with van der Waals surface area (Å²) in [6.45, 7) is 1.51. The first kappa shape index (κ1) is 15.0. The van der Waals surface area contributed by atoms with Crippen LogP contribution in [0, 0.1) is 5.92 Å². The number of carbonyl (C=O) groups is 1. The maximum Gasteiger partial charge on any atom is 0.257 e. The number of methoxy groups -OCH3 is 2. The minimum absolute atomic E-state index is 0.0116. The molecular formula is C15H20ClNO3. The maximum absolute atomic E-state index is 12.5. The Balaban J connectivity index is 2.13. The van der Waals surface area contributed by atoms with Gasteiger partial charge in [-0.25, -0.2) is 0 Å². The number of rotatable bonds is 4. The van der Waals surface area contributed by atoms with Gasteiger partial charge in [-0.05, 0) is 30.9 Å². The van der Waals surface area contributed by atoms with Gasteiger partial charge < -0.3 is 14.4 Å². The topological polar surface area (TPSA) is 38.8 Å². The molecule has 0 spiro atoms.